The highest BCUT2D eigenvalue weighted by atomic mass is 32.2. The van der Waals surface area contributed by atoms with E-state index in [0.29, 0.717) is 6.42 Å². The maximum atomic E-state index is 12.1. The maximum Gasteiger partial charge on any atom is 0.220 e. The van der Waals surface area contributed by atoms with Gasteiger partial charge in [0.15, 0.2) is 9.84 Å². The summed E-state index contributed by atoms with van der Waals surface area (Å²) in [5, 5.41) is 13.1. The van der Waals surface area contributed by atoms with Crippen LogP contribution >= 0.6 is 0 Å². The number of likely N-dealkylation sites (N-methyl/N-ethyl adjacent to an activating group) is 1. The van der Waals surface area contributed by atoms with Crippen LogP contribution < -0.4 is 10.2 Å². The number of sulfone groups is 1. The lowest BCUT2D eigenvalue weighted by atomic mass is 10.0. The molecular weight excluding hydrogens is 376 g/mol. The van der Waals surface area contributed by atoms with Gasteiger partial charge in [-0.2, -0.15) is 0 Å². The number of nitrogens with one attached hydrogen (secondary N) is 1. The van der Waals surface area contributed by atoms with Crippen molar-refractivity contribution in [3.05, 3.63) is 59.2 Å². The second-order valence-corrected chi connectivity index (χ2v) is 9.31. The monoisotopic (exact) mass is 402 g/mol. The summed E-state index contributed by atoms with van der Waals surface area (Å²) in [5.74, 6) is -0.146. The number of aliphatic hydroxyl groups excluding tert-OH is 1. The third kappa shape index (κ3) is 4.91. The number of benzene rings is 2. The molecule has 0 aliphatic carbocycles. The number of carbonyl (C=O) groups is 1. The van der Waals surface area contributed by atoms with Crippen LogP contribution in [0.15, 0.2) is 47.4 Å². The first-order valence-electron chi connectivity index (χ1n) is 9.32. The van der Waals surface area contributed by atoms with Crippen LogP contribution in [-0.2, 0) is 27.5 Å². The standard InChI is InChI=1S/C21H26N2O4S/c1-23-12-11-16-13-17(6-9-19(16)23)20(24)14-22-21(25)10-5-15-3-7-18(8-4-15)28(2,26)27/h3-4,6-9,13,20,24H,5,10-12,14H2,1-2H3,(H,22,25)/t20-/m1/s1. The molecule has 0 unspecified atom stereocenters. The Balaban J connectivity index is 1.48. The first-order valence-corrected chi connectivity index (χ1v) is 11.2. The van der Waals surface area contributed by atoms with Gasteiger partial charge in [0.25, 0.3) is 0 Å². The highest BCUT2D eigenvalue weighted by Crippen LogP contribution is 2.29. The van der Waals surface area contributed by atoms with Crippen molar-refractivity contribution in [3.63, 3.8) is 0 Å². The average Bonchev–Trinajstić information content (AvgIpc) is 3.04. The molecule has 0 saturated carbocycles. The molecule has 0 saturated heterocycles. The van der Waals surface area contributed by atoms with Gasteiger partial charge in [-0.1, -0.05) is 24.3 Å². The van der Waals surface area contributed by atoms with Crippen LogP contribution in [0.2, 0.25) is 0 Å². The fraction of sp³-hybridized carbons (Fsp3) is 0.381. The van der Waals surface area contributed by atoms with Gasteiger partial charge in [-0.15, -0.1) is 0 Å². The predicted molar refractivity (Wildman–Crippen MR) is 109 cm³/mol. The van der Waals surface area contributed by atoms with E-state index >= 15 is 0 Å². The number of carbonyl (C=O) groups excluding carboxylic acids is 1. The Morgan fingerprint density at radius 3 is 2.61 bits per heavy atom. The van der Waals surface area contributed by atoms with Crippen molar-refractivity contribution in [3.8, 4) is 0 Å². The Bertz CT molecular complexity index is 955. The van der Waals surface area contributed by atoms with Crippen LogP contribution in [0, 0.1) is 0 Å². The van der Waals surface area contributed by atoms with Gasteiger partial charge in [-0.25, -0.2) is 8.42 Å². The van der Waals surface area contributed by atoms with E-state index in [1.54, 1.807) is 24.3 Å². The van der Waals surface area contributed by atoms with Crippen LogP contribution in [0.5, 0.6) is 0 Å². The Morgan fingerprint density at radius 1 is 1.21 bits per heavy atom. The number of aliphatic hydroxyl groups is 1. The molecule has 0 spiro atoms. The quantitative estimate of drug-likeness (QED) is 0.738. The van der Waals surface area contributed by atoms with Gasteiger partial charge in [-0.3, -0.25) is 4.79 Å². The molecule has 1 aliphatic heterocycles. The minimum Gasteiger partial charge on any atom is -0.387 e. The zero-order valence-corrected chi connectivity index (χ0v) is 17.0. The van der Waals surface area contributed by atoms with Crippen molar-refractivity contribution in [1.29, 1.82) is 0 Å². The molecule has 2 N–H and O–H groups in total. The molecule has 6 nitrogen and oxygen atoms in total. The summed E-state index contributed by atoms with van der Waals surface area (Å²) in [7, 11) is -1.16. The number of hydrogen-bond acceptors (Lipinski definition) is 5. The van der Waals surface area contributed by atoms with Crippen LogP contribution in [0.25, 0.3) is 0 Å². The molecule has 150 valence electrons. The molecule has 1 amide bonds. The summed E-state index contributed by atoms with van der Waals surface area (Å²) in [4.78, 5) is 14.5. The Kier molecular flexibility index (Phi) is 6.05. The number of anilines is 1. The fourth-order valence-corrected chi connectivity index (χ4v) is 4.00. The molecule has 3 rings (SSSR count). The molecule has 0 bridgehead atoms. The van der Waals surface area contributed by atoms with Crippen LogP contribution in [-0.4, -0.2) is 45.8 Å². The molecule has 2 aromatic carbocycles. The van der Waals surface area contributed by atoms with Crippen molar-refractivity contribution in [2.24, 2.45) is 0 Å². The Labute approximate surface area is 166 Å². The summed E-state index contributed by atoms with van der Waals surface area (Å²) in [5.41, 5.74) is 4.13. The normalized spacial score (nSPS) is 14.6. The van der Waals surface area contributed by atoms with Crippen molar-refractivity contribution >= 4 is 21.4 Å². The molecule has 1 heterocycles. The lowest BCUT2D eigenvalue weighted by molar-refractivity contribution is -0.121. The van der Waals surface area contributed by atoms with Crippen molar-refractivity contribution < 1.29 is 18.3 Å². The van der Waals surface area contributed by atoms with Crippen molar-refractivity contribution in [2.45, 2.75) is 30.3 Å². The van der Waals surface area contributed by atoms with Gasteiger partial charge in [-0.05, 0) is 47.7 Å². The third-order valence-electron chi connectivity index (χ3n) is 5.10. The Morgan fingerprint density at radius 2 is 1.93 bits per heavy atom. The molecule has 28 heavy (non-hydrogen) atoms. The van der Waals surface area contributed by atoms with Gasteiger partial charge in [0.05, 0.1) is 11.0 Å². The van der Waals surface area contributed by atoms with Gasteiger partial charge >= 0.3 is 0 Å². The second kappa shape index (κ2) is 8.32. The lowest BCUT2D eigenvalue weighted by Crippen LogP contribution is -2.28. The fourth-order valence-electron chi connectivity index (χ4n) is 3.37. The molecule has 7 heteroatoms. The lowest BCUT2D eigenvalue weighted by Gasteiger charge is -2.15. The first-order chi connectivity index (χ1) is 13.2. The van der Waals surface area contributed by atoms with E-state index in [9.17, 15) is 18.3 Å². The van der Waals surface area contributed by atoms with Gasteiger partial charge in [0.2, 0.25) is 5.91 Å². The number of fused-ring (bicyclic) bond motifs is 1. The third-order valence-corrected chi connectivity index (χ3v) is 6.23. The van der Waals surface area contributed by atoms with Crippen molar-refractivity contribution in [2.75, 3.05) is 31.3 Å². The summed E-state index contributed by atoms with van der Waals surface area (Å²) in [6, 6.07) is 12.5. The summed E-state index contributed by atoms with van der Waals surface area (Å²) in [6.45, 7) is 1.15. The van der Waals surface area contributed by atoms with Crippen LogP contribution in [0.3, 0.4) is 0 Å². The smallest absolute Gasteiger partial charge is 0.220 e. The highest BCUT2D eigenvalue weighted by molar-refractivity contribution is 7.90. The number of nitrogens with zero attached hydrogens (tertiary/aromatic N) is 1. The number of amides is 1. The molecular formula is C21H26N2O4S. The number of rotatable bonds is 7. The number of hydrogen-bond donors (Lipinski definition) is 2. The summed E-state index contributed by atoms with van der Waals surface area (Å²) < 4.78 is 22.9. The SMILES string of the molecule is CN1CCc2cc([C@H](O)CNC(=O)CCc3ccc(S(C)(=O)=O)cc3)ccc21. The molecule has 2 aromatic rings. The minimum absolute atomic E-state index is 0.146. The maximum absolute atomic E-state index is 12.1. The van der Waals surface area contributed by atoms with Gasteiger partial charge in [0.1, 0.15) is 0 Å². The van der Waals surface area contributed by atoms with E-state index in [1.807, 2.05) is 18.2 Å². The molecule has 0 aromatic heterocycles. The van der Waals surface area contributed by atoms with Gasteiger partial charge in [0, 0.05) is 38.5 Å². The topological polar surface area (TPSA) is 86.7 Å². The second-order valence-electron chi connectivity index (χ2n) is 7.30. The minimum atomic E-state index is -3.21. The average molecular weight is 403 g/mol. The van der Waals surface area contributed by atoms with E-state index in [2.05, 4.69) is 17.3 Å². The highest BCUT2D eigenvalue weighted by Gasteiger charge is 2.18. The first kappa shape index (κ1) is 20.4. The molecule has 0 fully saturated rings. The van der Waals surface area contributed by atoms with E-state index in [4.69, 9.17) is 0 Å². The molecule has 1 aliphatic rings. The molecule has 0 radical (unpaired) electrons. The van der Waals surface area contributed by atoms with E-state index < -0.39 is 15.9 Å². The van der Waals surface area contributed by atoms with Gasteiger partial charge < -0.3 is 15.3 Å². The number of aryl methyl sites for hydroxylation is 1. The zero-order chi connectivity index (χ0) is 20.3. The summed E-state index contributed by atoms with van der Waals surface area (Å²) >= 11 is 0. The van der Waals surface area contributed by atoms with Crippen molar-refractivity contribution in [1.82, 2.24) is 5.32 Å². The summed E-state index contributed by atoms with van der Waals surface area (Å²) in [6.07, 6.45) is 2.18. The van der Waals surface area contributed by atoms with E-state index in [-0.39, 0.29) is 23.8 Å². The largest absolute Gasteiger partial charge is 0.387 e. The predicted octanol–water partition coefficient (Wildman–Crippen LogP) is 1.86. The Hall–Kier alpha value is -2.38. The van der Waals surface area contributed by atoms with Crippen LogP contribution in [0.1, 0.15) is 29.2 Å². The zero-order valence-electron chi connectivity index (χ0n) is 16.2. The molecule has 1 atom stereocenters. The van der Waals surface area contributed by atoms with E-state index in [1.165, 1.54) is 17.5 Å². The van der Waals surface area contributed by atoms with Crippen LogP contribution in [0.4, 0.5) is 5.69 Å². The van der Waals surface area contributed by atoms with E-state index in [0.717, 1.165) is 24.1 Å².